The SMILES string of the molecule is COC1CCCN(C(=O)c2n[nH]c3cc(O)c(C(=O)N(C)c4ccc(N5CCOCC5)cc4)cc23)C1. The first kappa shape index (κ1) is 24.1. The summed E-state index contributed by atoms with van der Waals surface area (Å²) in [5.41, 5.74) is 2.59. The highest BCUT2D eigenvalue weighted by atomic mass is 16.5. The number of phenols is 1. The van der Waals surface area contributed by atoms with Gasteiger partial charge in [-0.15, -0.1) is 0 Å². The number of likely N-dealkylation sites (tertiary alicyclic amines) is 1. The number of carbonyl (C=O) groups excluding carboxylic acids is 2. The largest absolute Gasteiger partial charge is 0.507 e. The maximum atomic E-state index is 13.4. The number of ether oxygens (including phenoxy) is 2. The molecule has 0 spiro atoms. The highest BCUT2D eigenvalue weighted by molar-refractivity contribution is 6.12. The molecule has 10 heteroatoms. The van der Waals surface area contributed by atoms with Crippen LogP contribution in [-0.2, 0) is 9.47 Å². The predicted octanol–water partition coefficient (Wildman–Crippen LogP) is 2.63. The Morgan fingerprint density at radius 3 is 2.64 bits per heavy atom. The number of hydrogen-bond donors (Lipinski definition) is 2. The maximum absolute atomic E-state index is 13.4. The standard InChI is InChI=1S/C26H31N5O5/c1-29(17-5-7-18(8-6-17)30-10-12-36-13-11-30)25(33)21-14-20-22(15-23(21)32)27-28-24(20)26(34)31-9-3-4-19(16-31)35-2/h5-8,14-15,19,32H,3-4,9-13,16H2,1-2H3,(H,27,28). The highest BCUT2D eigenvalue weighted by Gasteiger charge is 2.28. The van der Waals surface area contributed by atoms with Gasteiger partial charge in [-0.1, -0.05) is 0 Å². The number of rotatable bonds is 5. The number of nitrogens with one attached hydrogen (secondary N) is 1. The van der Waals surface area contributed by atoms with Gasteiger partial charge < -0.3 is 29.3 Å². The van der Waals surface area contributed by atoms with Gasteiger partial charge in [0.05, 0.1) is 30.4 Å². The number of benzene rings is 2. The molecule has 3 aromatic rings. The average Bonchev–Trinajstić information content (AvgIpc) is 3.34. The summed E-state index contributed by atoms with van der Waals surface area (Å²) in [7, 11) is 3.31. The Morgan fingerprint density at radius 1 is 1.17 bits per heavy atom. The van der Waals surface area contributed by atoms with Crippen molar-refractivity contribution in [3.63, 3.8) is 0 Å². The fourth-order valence-corrected chi connectivity index (χ4v) is 4.86. The van der Waals surface area contributed by atoms with Gasteiger partial charge in [-0.05, 0) is 43.2 Å². The van der Waals surface area contributed by atoms with Gasteiger partial charge in [0.2, 0.25) is 0 Å². The van der Waals surface area contributed by atoms with Crippen molar-refractivity contribution in [3.05, 3.63) is 47.7 Å². The van der Waals surface area contributed by atoms with Crippen molar-refractivity contribution in [1.82, 2.24) is 15.1 Å². The number of H-pyrrole nitrogens is 1. The van der Waals surface area contributed by atoms with Crippen molar-refractivity contribution >= 4 is 34.1 Å². The molecule has 10 nitrogen and oxygen atoms in total. The third kappa shape index (κ3) is 4.61. The van der Waals surface area contributed by atoms with E-state index in [4.69, 9.17) is 9.47 Å². The molecule has 0 saturated carbocycles. The maximum Gasteiger partial charge on any atom is 0.275 e. The Bertz CT molecular complexity index is 1250. The van der Waals surface area contributed by atoms with Crippen LogP contribution in [0.4, 0.5) is 11.4 Å². The molecular formula is C26H31N5O5. The van der Waals surface area contributed by atoms with Gasteiger partial charge in [-0.25, -0.2) is 0 Å². The first-order chi connectivity index (χ1) is 17.5. The summed E-state index contributed by atoms with van der Waals surface area (Å²) in [5, 5.41) is 18.1. The third-order valence-corrected chi connectivity index (χ3v) is 7.03. The lowest BCUT2D eigenvalue weighted by Crippen LogP contribution is -2.43. The van der Waals surface area contributed by atoms with Crippen molar-refractivity contribution in [2.75, 3.05) is 63.4 Å². The van der Waals surface area contributed by atoms with Crippen molar-refractivity contribution in [2.45, 2.75) is 18.9 Å². The number of morpholine rings is 1. The minimum absolute atomic E-state index is 0.00243. The van der Waals surface area contributed by atoms with E-state index in [0.717, 1.165) is 31.6 Å². The fourth-order valence-electron chi connectivity index (χ4n) is 4.86. The number of aromatic amines is 1. The van der Waals surface area contributed by atoms with Gasteiger partial charge in [-0.2, -0.15) is 5.10 Å². The monoisotopic (exact) mass is 493 g/mol. The molecule has 0 bridgehead atoms. The van der Waals surface area contributed by atoms with E-state index in [0.29, 0.717) is 42.9 Å². The number of methoxy groups -OCH3 is 1. The van der Waals surface area contributed by atoms with Crippen LogP contribution < -0.4 is 9.80 Å². The van der Waals surface area contributed by atoms with Crippen LogP contribution in [0.2, 0.25) is 0 Å². The summed E-state index contributed by atoms with van der Waals surface area (Å²) in [5.74, 6) is -0.783. The molecule has 0 aliphatic carbocycles. The summed E-state index contributed by atoms with van der Waals surface area (Å²) < 4.78 is 10.9. The Morgan fingerprint density at radius 2 is 1.92 bits per heavy atom. The first-order valence-electron chi connectivity index (χ1n) is 12.2. The molecule has 1 unspecified atom stereocenters. The van der Waals surface area contributed by atoms with Crippen LogP contribution in [0.25, 0.3) is 10.9 Å². The molecule has 3 heterocycles. The topological polar surface area (TPSA) is 111 Å². The number of aromatic hydroxyl groups is 1. The number of piperidine rings is 1. The lowest BCUT2D eigenvalue weighted by Gasteiger charge is -2.31. The zero-order valence-electron chi connectivity index (χ0n) is 20.6. The molecule has 1 atom stereocenters. The van der Waals surface area contributed by atoms with Gasteiger partial charge in [0.25, 0.3) is 11.8 Å². The number of amides is 2. The number of fused-ring (bicyclic) bond motifs is 1. The predicted molar refractivity (Wildman–Crippen MR) is 136 cm³/mol. The van der Waals surface area contributed by atoms with E-state index in [9.17, 15) is 14.7 Å². The van der Waals surface area contributed by atoms with E-state index in [-0.39, 0.29) is 34.9 Å². The van der Waals surface area contributed by atoms with E-state index >= 15 is 0 Å². The number of aromatic nitrogens is 2. The van der Waals surface area contributed by atoms with Crippen molar-refractivity contribution < 1.29 is 24.2 Å². The zero-order chi connectivity index (χ0) is 25.2. The lowest BCUT2D eigenvalue weighted by atomic mass is 10.1. The smallest absolute Gasteiger partial charge is 0.275 e. The average molecular weight is 494 g/mol. The van der Waals surface area contributed by atoms with Crippen LogP contribution in [0, 0.1) is 0 Å². The van der Waals surface area contributed by atoms with Crippen molar-refractivity contribution in [3.8, 4) is 5.75 Å². The number of hydrogen-bond acceptors (Lipinski definition) is 7. The van der Waals surface area contributed by atoms with Gasteiger partial charge in [0.1, 0.15) is 5.75 Å². The summed E-state index contributed by atoms with van der Waals surface area (Å²) in [4.78, 5) is 32.1. The summed E-state index contributed by atoms with van der Waals surface area (Å²) >= 11 is 0. The van der Waals surface area contributed by atoms with Crippen LogP contribution in [-0.4, -0.2) is 91.7 Å². The molecule has 190 valence electrons. The molecule has 2 fully saturated rings. The molecule has 2 aliphatic heterocycles. The lowest BCUT2D eigenvalue weighted by molar-refractivity contribution is 0.0266. The number of carbonyl (C=O) groups is 2. The quantitative estimate of drug-likeness (QED) is 0.562. The Labute approximate surface area is 209 Å². The molecule has 0 radical (unpaired) electrons. The number of phenolic OH excluding ortho intramolecular Hbond substituents is 1. The van der Waals surface area contributed by atoms with Gasteiger partial charge in [0, 0.05) is 63.2 Å². The van der Waals surface area contributed by atoms with Gasteiger partial charge in [0.15, 0.2) is 5.69 Å². The van der Waals surface area contributed by atoms with E-state index in [1.54, 1.807) is 25.1 Å². The van der Waals surface area contributed by atoms with Gasteiger partial charge >= 0.3 is 0 Å². The minimum atomic E-state index is -0.384. The first-order valence-corrected chi connectivity index (χ1v) is 12.2. The summed E-state index contributed by atoms with van der Waals surface area (Å²) in [6, 6.07) is 10.7. The van der Waals surface area contributed by atoms with Crippen LogP contribution in [0.5, 0.6) is 5.75 Å². The van der Waals surface area contributed by atoms with E-state index in [1.165, 1.54) is 11.0 Å². The molecule has 2 amide bonds. The van der Waals surface area contributed by atoms with E-state index in [1.807, 2.05) is 24.3 Å². The Hall–Kier alpha value is -3.63. The molecule has 2 aromatic carbocycles. The summed E-state index contributed by atoms with van der Waals surface area (Å²) in [6.07, 6.45) is 1.76. The second-order valence-corrected chi connectivity index (χ2v) is 9.22. The second kappa shape index (κ2) is 10.2. The molecule has 1 aromatic heterocycles. The summed E-state index contributed by atoms with van der Waals surface area (Å²) in [6.45, 7) is 4.18. The second-order valence-electron chi connectivity index (χ2n) is 9.22. The third-order valence-electron chi connectivity index (χ3n) is 7.03. The minimum Gasteiger partial charge on any atom is -0.507 e. The van der Waals surface area contributed by atoms with E-state index < -0.39 is 0 Å². The highest BCUT2D eigenvalue weighted by Crippen LogP contribution is 2.30. The van der Waals surface area contributed by atoms with Gasteiger partial charge in [-0.3, -0.25) is 14.7 Å². The molecule has 5 rings (SSSR count). The molecule has 2 saturated heterocycles. The molecular weight excluding hydrogens is 462 g/mol. The number of nitrogens with zero attached hydrogens (tertiary/aromatic N) is 4. The van der Waals surface area contributed by atoms with Crippen LogP contribution in [0.15, 0.2) is 36.4 Å². The molecule has 2 N–H and O–H groups in total. The van der Waals surface area contributed by atoms with Crippen molar-refractivity contribution in [1.29, 1.82) is 0 Å². The molecule has 36 heavy (non-hydrogen) atoms. The fraction of sp³-hybridized carbons (Fsp3) is 0.423. The molecule has 2 aliphatic rings. The van der Waals surface area contributed by atoms with Crippen LogP contribution in [0.3, 0.4) is 0 Å². The van der Waals surface area contributed by atoms with Crippen molar-refractivity contribution in [2.24, 2.45) is 0 Å². The van der Waals surface area contributed by atoms with Crippen LogP contribution in [0.1, 0.15) is 33.7 Å². The van der Waals surface area contributed by atoms with Crippen LogP contribution >= 0.6 is 0 Å². The number of anilines is 2. The Kier molecular flexibility index (Phi) is 6.80. The zero-order valence-corrected chi connectivity index (χ0v) is 20.6. The normalized spacial score (nSPS) is 18.4. The Balaban J connectivity index is 1.38. The van der Waals surface area contributed by atoms with E-state index in [2.05, 4.69) is 15.1 Å².